The maximum absolute atomic E-state index is 3.33. The Morgan fingerprint density at radius 3 is 1.00 bits per heavy atom. The summed E-state index contributed by atoms with van der Waals surface area (Å²) in [6.07, 6.45) is 2.57. The summed E-state index contributed by atoms with van der Waals surface area (Å²) in [6.45, 7) is 0. The normalized spacial score (nSPS) is 10.2. The Morgan fingerprint density at radius 2 is 0.760 bits per heavy atom. The summed E-state index contributed by atoms with van der Waals surface area (Å²) in [5, 5.41) is 6.47. The zero-order valence-electron chi connectivity index (χ0n) is 14.2. The molecule has 0 nitrogen and oxygen atoms in total. The van der Waals surface area contributed by atoms with Gasteiger partial charge < -0.3 is 0 Å². The van der Waals surface area contributed by atoms with E-state index in [1.54, 1.807) is 0 Å². The highest BCUT2D eigenvalue weighted by Gasteiger charge is 2.14. The van der Waals surface area contributed by atoms with Gasteiger partial charge in [0.05, 0.1) is 0 Å². The molecule has 0 atom stereocenters. The minimum atomic E-state index is -0.446. The van der Waals surface area contributed by atoms with Gasteiger partial charge >= 0.3 is 0 Å². The molecule has 0 aliphatic rings. The lowest BCUT2D eigenvalue weighted by Gasteiger charge is -2.18. The van der Waals surface area contributed by atoms with Gasteiger partial charge in [-0.05, 0) is 36.7 Å². The summed E-state index contributed by atoms with van der Waals surface area (Å²) in [6, 6.07) is 32.3. The van der Waals surface area contributed by atoms with Crippen molar-refractivity contribution in [3.05, 3.63) is 91.0 Å². The van der Waals surface area contributed by atoms with Gasteiger partial charge in [0.2, 0.25) is 0 Å². The average molecular weight is 478 g/mol. The van der Waals surface area contributed by atoms with Crippen LogP contribution in [0, 0.1) is 0 Å². The molecule has 0 N–H and O–H groups in total. The van der Waals surface area contributed by atoms with Crippen molar-refractivity contribution in [2.45, 2.75) is 12.8 Å². The lowest BCUT2D eigenvalue weighted by Crippen LogP contribution is -2.20. The maximum Gasteiger partial charge on any atom is 0.00315 e. The van der Waals surface area contributed by atoms with Crippen molar-refractivity contribution in [1.82, 2.24) is 0 Å². The number of rotatable bonds is 6. The fourth-order valence-corrected chi connectivity index (χ4v) is 5.47. The van der Waals surface area contributed by atoms with Gasteiger partial charge in [-0.25, -0.2) is 0 Å². The van der Waals surface area contributed by atoms with Crippen LogP contribution < -0.4 is 15.9 Å². The van der Waals surface area contributed by atoms with Crippen molar-refractivity contribution < 1.29 is 0 Å². The number of unbranched alkanes of at least 4 members (excludes halogenated alkanes) is 1. The number of benzene rings is 3. The summed E-state index contributed by atoms with van der Waals surface area (Å²) >= 11 is 6.66. The van der Waals surface area contributed by atoms with Crippen LogP contribution in [0.2, 0.25) is 0 Å². The van der Waals surface area contributed by atoms with E-state index in [4.69, 9.17) is 0 Å². The number of halogens is 2. The molecule has 0 amide bonds. The zero-order chi connectivity index (χ0) is 17.7. The molecule has 0 bridgehead atoms. The van der Waals surface area contributed by atoms with Crippen LogP contribution in [-0.2, 0) is 0 Å². The molecule has 0 spiro atoms. The SMILES string of the molecule is BrCCCCBr.c1ccc(P(c2ccccc2)c2ccccc2)cc1. The summed E-state index contributed by atoms with van der Waals surface area (Å²) in [4.78, 5) is 0. The van der Waals surface area contributed by atoms with Crippen LogP contribution in [0.5, 0.6) is 0 Å². The van der Waals surface area contributed by atoms with Gasteiger partial charge in [-0.1, -0.05) is 123 Å². The largest absolute Gasteiger partial charge is 0.0928 e. The molecule has 130 valence electrons. The van der Waals surface area contributed by atoms with Gasteiger partial charge in [0.1, 0.15) is 0 Å². The second-order valence-corrected chi connectivity index (χ2v) is 9.23. The molecular weight excluding hydrogens is 455 g/mol. The standard InChI is InChI=1S/C18H15P.C4H8Br2/c1-4-10-16(11-5-1)19(17-12-6-2-7-13-17)18-14-8-3-9-15-18;5-3-1-2-4-6/h1-15H;1-4H2. The van der Waals surface area contributed by atoms with Crippen LogP contribution in [0.4, 0.5) is 0 Å². The van der Waals surface area contributed by atoms with Crippen LogP contribution in [-0.4, -0.2) is 10.7 Å². The van der Waals surface area contributed by atoms with E-state index >= 15 is 0 Å². The number of hydrogen-bond donors (Lipinski definition) is 0. The molecule has 0 fully saturated rings. The van der Waals surface area contributed by atoms with E-state index in [1.165, 1.54) is 28.8 Å². The highest BCUT2D eigenvalue weighted by molar-refractivity contribution is 9.09. The Kier molecular flexibility index (Phi) is 10.1. The van der Waals surface area contributed by atoms with Gasteiger partial charge in [0, 0.05) is 10.7 Å². The topological polar surface area (TPSA) is 0 Å². The Morgan fingerprint density at radius 1 is 0.480 bits per heavy atom. The van der Waals surface area contributed by atoms with Crippen molar-refractivity contribution in [3.8, 4) is 0 Å². The molecular formula is C22H23Br2P. The van der Waals surface area contributed by atoms with E-state index in [9.17, 15) is 0 Å². The summed E-state index contributed by atoms with van der Waals surface area (Å²) in [5.74, 6) is 0. The zero-order valence-corrected chi connectivity index (χ0v) is 18.3. The van der Waals surface area contributed by atoms with Gasteiger partial charge in [-0.3, -0.25) is 0 Å². The van der Waals surface area contributed by atoms with Gasteiger partial charge in [0.15, 0.2) is 0 Å². The highest BCUT2D eigenvalue weighted by atomic mass is 79.9. The van der Waals surface area contributed by atoms with Crippen molar-refractivity contribution in [1.29, 1.82) is 0 Å². The van der Waals surface area contributed by atoms with Crippen molar-refractivity contribution in [2.75, 3.05) is 10.7 Å². The first-order valence-corrected chi connectivity index (χ1v) is 12.0. The molecule has 3 heteroatoms. The Bertz CT molecular complexity index is 589. The van der Waals surface area contributed by atoms with E-state index in [1.807, 2.05) is 0 Å². The lowest BCUT2D eigenvalue weighted by molar-refractivity contribution is 0.919. The third-order valence-electron chi connectivity index (χ3n) is 3.56. The Balaban J connectivity index is 0.000000326. The Labute approximate surface area is 169 Å². The van der Waals surface area contributed by atoms with Crippen molar-refractivity contribution in [2.24, 2.45) is 0 Å². The molecule has 3 aromatic carbocycles. The first-order chi connectivity index (χ1) is 12.4. The van der Waals surface area contributed by atoms with E-state index in [2.05, 4.69) is 123 Å². The third-order valence-corrected chi connectivity index (χ3v) is 7.13. The minimum Gasteiger partial charge on any atom is -0.0928 e. The quantitative estimate of drug-likeness (QED) is 0.232. The monoisotopic (exact) mass is 476 g/mol. The first kappa shape index (κ1) is 20.4. The van der Waals surface area contributed by atoms with Crippen LogP contribution in [0.3, 0.4) is 0 Å². The second-order valence-electron chi connectivity index (χ2n) is 5.43. The summed E-state index contributed by atoms with van der Waals surface area (Å²) < 4.78 is 0. The number of hydrogen-bond acceptors (Lipinski definition) is 0. The molecule has 0 radical (unpaired) electrons. The van der Waals surface area contributed by atoms with E-state index in [-0.39, 0.29) is 0 Å². The van der Waals surface area contributed by atoms with Crippen molar-refractivity contribution in [3.63, 3.8) is 0 Å². The van der Waals surface area contributed by atoms with E-state index < -0.39 is 7.92 Å². The number of alkyl halides is 2. The van der Waals surface area contributed by atoms with E-state index in [0.717, 1.165) is 10.7 Å². The fourth-order valence-electron chi connectivity index (χ4n) is 2.37. The molecule has 25 heavy (non-hydrogen) atoms. The molecule has 0 heterocycles. The third kappa shape index (κ3) is 7.05. The molecule has 0 unspecified atom stereocenters. The molecule has 0 saturated heterocycles. The summed E-state index contributed by atoms with van der Waals surface area (Å²) in [7, 11) is -0.446. The van der Waals surface area contributed by atoms with Gasteiger partial charge in [0.25, 0.3) is 0 Å². The lowest BCUT2D eigenvalue weighted by atomic mass is 10.4. The Hall–Kier alpha value is -0.950. The average Bonchev–Trinajstić information content (AvgIpc) is 2.70. The maximum atomic E-state index is 3.33. The molecule has 0 aliphatic carbocycles. The second kappa shape index (κ2) is 12.4. The predicted octanol–water partition coefficient (Wildman–Crippen LogP) is 6.00. The van der Waals surface area contributed by atoms with Crippen LogP contribution in [0.25, 0.3) is 0 Å². The molecule has 0 saturated carbocycles. The van der Waals surface area contributed by atoms with Gasteiger partial charge in [-0.15, -0.1) is 0 Å². The van der Waals surface area contributed by atoms with E-state index in [0.29, 0.717) is 0 Å². The van der Waals surface area contributed by atoms with Crippen LogP contribution in [0.1, 0.15) is 12.8 Å². The predicted molar refractivity (Wildman–Crippen MR) is 122 cm³/mol. The smallest absolute Gasteiger partial charge is 0.00315 e. The van der Waals surface area contributed by atoms with Crippen LogP contribution in [0.15, 0.2) is 91.0 Å². The molecule has 0 aliphatic heterocycles. The highest BCUT2D eigenvalue weighted by Crippen LogP contribution is 2.32. The molecule has 3 aromatic rings. The fraction of sp³-hybridized carbons (Fsp3) is 0.182. The van der Waals surface area contributed by atoms with Gasteiger partial charge in [-0.2, -0.15) is 0 Å². The van der Waals surface area contributed by atoms with Crippen LogP contribution >= 0.6 is 39.8 Å². The molecule has 0 aromatic heterocycles. The molecule has 3 rings (SSSR count). The minimum absolute atomic E-state index is 0.446. The first-order valence-electron chi connectivity index (χ1n) is 8.44. The summed E-state index contributed by atoms with van der Waals surface area (Å²) in [5.41, 5.74) is 0. The van der Waals surface area contributed by atoms with Crippen molar-refractivity contribution >= 4 is 55.7 Å².